The summed E-state index contributed by atoms with van der Waals surface area (Å²) in [5.41, 5.74) is 0. The first-order valence-electron chi connectivity index (χ1n) is 6.85. The molecular formula is C13H25N5. The van der Waals surface area contributed by atoms with Crippen molar-refractivity contribution in [2.75, 3.05) is 17.2 Å². The molecule has 0 aromatic carbocycles. The maximum absolute atomic E-state index is 4.35. The van der Waals surface area contributed by atoms with Crippen LogP contribution in [0.4, 0.5) is 11.9 Å². The van der Waals surface area contributed by atoms with Gasteiger partial charge in [0.05, 0.1) is 0 Å². The lowest BCUT2D eigenvalue weighted by molar-refractivity contribution is 0.683. The predicted molar refractivity (Wildman–Crippen MR) is 76.0 cm³/mol. The number of aryl methyl sites for hydroxylation is 1. The summed E-state index contributed by atoms with van der Waals surface area (Å²) in [4.78, 5) is 12.9. The van der Waals surface area contributed by atoms with Crippen molar-refractivity contribution in [1.82, 2.24) is 15.0 Å². The van der Waals surface area contributed by atoms with Crippen LogP contribution in [0.25, 0.3) is 0 Å². The van der Waals surface area contributed by atoms with Gasteiger partial charge < -0.3 is 10.6 Å². The molecule has 0 atom stereocenters. The number of unbranched alkanes of at least 4 members (excludes halogenated alkanes) is 3. The van der Waals surface area contributed by atoms with Crippen molar-refractivity contribution in [3.63, 3.8) is 0 Å². The zero-order valence-electron chi connectivity index (χ0n) is 12.0. The third-order valence-electron chi connectivity index (χ3n) is 2.48. The van der Waals surface area contributed by atoms with Gasteiger partial charge in [-0.05, 0) is 27.2 Å². The third kappa shape index (κ3) is 5.80. The van der Waals surface area contributed by atoms with Crippen LogP contribution in [0.15, 0.2) is 0 Å². The Bertz CT molecular complexity index is 351. The molecule has 18 heavy (non-hydrogen) atoms. The van der Waals surface area contributed by atoms with Crippen molar-refractivity contribution in [1.29, 1.82) is 0 Å². The lowest BCUT2D eigenvalue weighted by atomic mass is 10.2. The van der Waals surface area contributed by atoms with E-state index in [9.17, 15) is 0 Å². The molecule has 0 radical (unpaired) electrons. The fourth-order valence-corrected chi connectivity index (χ4v) is 1.64. The topological polar surface area (TPSA) is 62.7 Å². The van der Waals surface area contributed by atoms with Gasteiger partial charge in [-0.15, -0.1) is 0 Å². The number of nitrogens with one attached hydrogen (secondary N) is 2. The maximum atomic E-state index is 4.35. The first-order valence-corrected chi connectivity index (χ1v) is 6.85. The van der Waals surface area contributed by atoms with Crippen molar-refractivity contribution < 1.29 is 0 Å². The highest BCUT2D eigenvalue weighted by atomic mass is 15.2. The second kappa shape index (κ2) is 7.84. The van der Waals surface area contributed by atoms with Crippen LogP contribution >= 0.6 is 0 Å². The van der Waals surface area contributed by atoms with Crippen LogP contribution in [0.1, 0.15) is 52.3 Å². The van der Waals surface area contributed by atoms with E-state index in [2.05, 4.69) is 46.4 Å². The molecule has 5 heteroatoms. The first-order chi connectivity index (χ1) is 8.61. The minimum atomic E-state index is 0.323. The summed E-state index contributed by atoms with van der Waals surface area (Å²) in [5.74, 6) is 2.06. The smallest absolute Gasteiger partial charge is 0.227 e. The highest BCUT2D eigenvalue weighted by Gasteiger charge is 2.04. The molecule has 1 aromatic heterocycles. The summed E-state index contributed by atoms with van der Waals surface area (Å²) in [7, 11) is 0. The Kier molecular flexibility index (Phi) is 6.39. The number of rotatable bonds is 8. The van der Waals surface area contributed by atoms with E-state index in [4.69, 9.17) is 0 Å². The lowest BCUT2D eigenvalue weighted by Crippen LogP contribution is -2.15. The van der Waals surface area contributed by atoms with E-state index in [-0.39, 0.29) is 0 Å². The fraction of sp³-hybridized carbons (Fsp3) is 0.769. The van der Waals surface area contributed by atoms with E-state index in [0.29, 0.717) is 17.9 Å². The molecule has 0 aliphatic rings. The van der Waals surface area contributed by atoms with Crippen LogP contribution in [-0.2, 0) is 0 Å². The Morgan fingerprint density at radius 3 is 2.39 bits per heavy atom. The molecule has 1 rings (SSSR count). The molecule has 0 spiro atoms. The summed E-state index contributed by atoms with van der Waals surface area (Å²) >= 11 is 0. The Morgan fingerprint density at radius 1 is 1.00 bits per heavy atom. The van der Waals surface area contributed by atoms with Gasteiger partial charge in [0.2, 0.25) is 11.9 Å². The molecule has 1 heterocycles. The van der Waals surface area contributed by atoms with Crippen LogP contribution in [0.3, 0.4) is 0 Å². The fourth-order valence-electron chi connectivity index (χ4n) is 1.64. The van der Waals surface area contributed by atoms with E-state index in [1.165, 1.54) is 19.3 Å². The van der Waals surface area contributed by atoms with Crippen molar-refractivity contribution in [3.8, 4) is 0 Å². The molecule has 0 saturated heterocycles. The minimum Gasteiger partial charge on any atom is -0.354 e. The zero-order valence-corrected chi connectivity index (χ0v) is 12.0. The Hall–Kier alpha value is -1.39. The van der Waals surface area contributed by atoms with Gasteiger partial charge in [0.25, 0.3) is 0 Å². The first kappa shape index (κ1) is 14.7. The number of anilines is 2. The molecule has 2 N–H and O–H groups in total. The number of hydrogen-bond donors (Lipinski definition) is 2. The average Bonchev–Trinajstić information content (AvgIpc) is 2.27. The summed E-state index contributed by atoms with van der Waals surface area (Å²) < 4.78 is 0. The van der Waals surface area contributed by atoms with Gasteiger partial charge in [-0.2, -0.15) is 15.0 Å². The van der Waals surface area contributed by atoms with Gasteiger partial charge in [0.15, 0.2) is 0 Å². The van der Waals surface area contributed by atoms with E-state index >= 15 is 0 Å². The maximum Gasteiger partial charge on any atom is 0.227 e. The van der Waals surface area contributed by atoms with E-state index < -0.39 is 0 Å². The Labute approximate surface area is 110 Å². The van der Waals surface area contributed by atoms with E-state index in [0.717, 1.165) is 18.8 Å². The molecule has 0 saturated carbocycles. The lowest BCUT2D eigenvalue weighted by Gasteiger charge is -2.10. The van der Waals surface area contributed by atoms with Crippen LogP contribution in [0.5, 0.6) is 0 Å². The summed E-state index contributed by atoms with van der Waals surface area (Å²) in [6, 6.07) is 0.323. The Morgan fingerprint density at radius 2 is 1.72 bits per heavy atom. The molecule has 102 valence electrons. The summed E-state index contributed by atoms with van der Waals surface area (Å²) in [6.07, 6.45) is 4.96. The Balaban J connectivity index is 2.46. The molecule has 0 bridgehead atoms. The van der Waals surface area contributed by atoms with Crippen LogP contribution < -0.4 is 10.6 Å². The largest absolute Gasteiger partial charge is 0.354 e. The SMILES string of the molecule is CCCCCCNc1nc(C)nc(NC(C)C)n1. The van der Waals surface area contributed by atoms with Crippen molar-refractivity contribution >= 4 is 11.9 Å². The van der Waals surface area contributed by atoms with Crippen LogP contribution in [0, 0.1) is 6.92 Å². The molecule has 5 nitrogen and oxygen atoms in total. The second-order valence-corrected chi connectivity index (χ2v) is 4.82. The molecule has 0 aliphatic heterocycles. The third-order valence-corrected chi connectivity index (χ3v) is 2.48. The number of nitrogens with zero attached hydrogens (tertiary/aromatic N) is 3. The molecular weight excluding hydrogens is 226 g/mol. The molecule has 0 unspecified atom stereocenters. The average molecular weight is 251 g/mol. The van der Waals surface area contributed by atoms with Gasteiger partial charge in [-0.1, -0.05) is 26.2 Å². The van der Waals surface area contributed by atoms with Gasteiger partial charge in [0, 0.05) is 12.6 Å². The second-order valence-electron chi connectivity index (χ2n) is 4.82. The quantitative estimate of drug-likeness (QED) is 0.695. The van der Waals surface area contributed by atoms with Gasteiger partial charge in [-0.3, -0.25) is 0 Å². The van der Waals surface area contributed by atoms with Crippen LogP contribution in [0.2, 0.25) is 0 Å². The normalized spacial score (nSPS) is 10.7. The van der Waals surface area contributed by atoms with E-state index in [1.807, 2.05) is 6.92 Å². The van der Waals surface area contributed by atoms with Gasteiger partial charge in [-0.25, -0.2) is 0 Å². The van der Waals surface area contributed by atoms with E-state index in [1.54, 1.807) is 0 Å². The van der Waals surface area contributed by atoms with Crippen molar-refractivity contribution in [2.24, 2.45) is 0 Å². The standard InChI is InChI=1S/C13H25N5/c1-5-6-7-8-9-14-12-16-11(4)17-13(18-12)15-10(2)3/h10H,5-9H2,1-4H3,(H2,14,15,16,17,18). The molecule has 1 aromatic rings. The highest BCUT2D eigenvalue weighted by Crippen LogP contribution is 2.07. The summed E-state index contributed by atoms with van der Waals surface area (Å²) in [5, 5.41) is 6.45. The monoisotopic (exact) mass is 251 g/mol. The number of hydrogen-bond acceptors (Lipinski definition) is 5. The van der Waals surface area contributed by atoms with Crippen LogP contribution in [-0.4, -0.2) is 27.5 Å². The van der Waals surface area contributed by atoms with Crippen molar-refractivity contribution in [3.05, 3.63) is 5.82 Å². The minimum absolute atomic E-state index is 0.323. The molecule has 0 amide bonds. The molecule has 0 aliphatic carbocycles. The highest BCUT2D eigenvalue weighted by molar-refractivity contribution is 5.34. The zero-order chi connectivity index (χ0) is 13.4. The predicted octanol–water partition coefficient (Wildman–Crippen LogP) is 2.99. The van der Waals surface area contributed by atoms with Crippen molar-refractivity contribution in [2.45, 2.75) is 59.4 Å². The van der Waals surface area contributed by atoms with Gasteiger partial charge in [0.1, 0.15) is 5.82 Å². The van der Waals surface area contributed by atoms with Gasteiger partial charge >= 0.3 is 0 Å². The number of aromatic nitrogens is 3. The molecule has 0 fully saturated rings. The summed E-state index contributed by atoms with van der Waals surface area (Å²) in [6.45, 7) is 9.15.